The third-order valence-corrected chi connectivity index (χ3v) is 4.70. The molecule has 1 aliphatic rings. The van der Waals surface area contributed by atoms with Crippen LogP contribution >= 0.6 is 15.9 Å². The molecule has 0 spiro atoms. The van der Waals surface area contributed by atoms with Gasteiger partial charge in [-0.2, -0.15) is 5.10 Å². The summed E-state index contributed by atoms with van der Waals surface area (Å²) >= 11 is 3.44. The second kappa shape index (κ2) is 5.35. The van der Waals surface area contributed by atoms with Crippen LogP contribution < -0.4 is 4.90 Å². The lowest BCUT2D eigenvalue weighted by Gasteiger charge is -2.26. The number of hydrogen-bond donors (Lipinski definition) is 1. The monoisotopic (exact) mass is 367 g/mol. The van der Waals surface area contributed by atoms with Gasteiger partial charge in [-0.15, -0.1) is 0 Å². The number of aromatic nitrogens is 2. The molecule has 1 atom stereocenters. The summed E-state index contributed by atoms with van der Waals surface area (Å²) in [5, 5.41) is 7.17. The second-order valence-electron chi connectivity index (χ2n) is 5.58. The van der Waals surface area contributed by atoms with Crippen LogP contribution in [0.5, 0.6) is 0 Å². The molecule has 1 N–H and O–H groups in total. The van der Waals surface area contributed by atoms with E-state index in [2.05, 4.69) is 26.1 Å². The minimum atomic E-state index is -0.154. The summed E-state index contributed by atoms with van der Waals surface area (Å²) < 4.78 is 0.985. The number of aryl methyl sites for hydroxylation is 1. The lowest BCUT2D eigenvalue weighted by atomic mass is 9.99. The van der Waals surface area contributed by atoms with E-state index in [1.54, 1.807) is 0 Å². The van der Waals surface area contributed by atoms with Gasteiger partial charge in [0.1, 0.15) is 0 Å². The summed E-state index contributed by atoms with van der Waals surface area (Å²) in [5.41, 5.74) is 4.35. The minimum Gasteiger partial charge on any atom is -0.295 e. The maximum absolute atomic E-state index is 12.9. The van der Waals surface area contributed by atoms with Gasteiger partial charge in [-0.1, -0.05) is 46.3 Å². The van der Waals surface area contributed by atoms with E-state index >= 15 is 0 Å². The third kappa shape index (κ3) is 2.19. The van der Waals surface area contributed by atoms with Crippen LogP contribution in [-0.2, 0) is 0 Å². The average Bonchev–Trinajstić information content (AvgIpc) is 3.08. The molecule has 4 rings (SSSR count). The zero-order valence-electron chi connectivity index (χ0n) is 12.5. The zero-order valence-corrected chi connectivity index (χ0v) is 14.0. The largest absolute Gasteiger partial charge is 0.295 e. The van der Waals surface area contributed by atoms with Gasteiger partial charge in [0.15, 0.2) is 5.69 Å². The fourth-order valence-corrected chi connectivity index (χ4v) is 3.38. The first-order valence-electron chi connectivity index (χ1n) is 7.36. The Kier molecular flexibility index (Phi) is 3.31. The van der Waals surface area contributed by atoms with Gasteiger partial charge in [-0.05, 0) is 36.8 Å². The van der Waals surface area contributed by atoms with E-state index in [0.717, 1.165) is 27.0 Å². The number of aromatic amines is 1. The number of halogens is 1. The highest BCUT2D eigenvalue weighted by atomic mass is 79.9. The van der Waals surface area contributed by atoms with Crippen LogP contribution in [0.4, 0.5) is 5.69 Å². The Morgan fingerprint density at radius 1 is 1.09 bits per heavy atom. The molecule has 0 aliphatic carbocycles. The number of fused-ring (bicyclic) bond motifs is 1. The Hall–Kier alpha value is -2.40. The van der Waals surface area contributed by atoms with E-state index in [0.29, 0.717) is 5.69 Å². The molecule has 0 unspecified atom stereocenters. The quantitative estimate of drug-likeness (QED) is 0.736. The molecule has 0 fully saturated rings. The molecule has 0 saturated carbocycles. The van der Waals surface area contributed by atoms with Crippen LogP contribution in [0.3, 0.4) is 0 Å². The number of nitrogens with one attached hydrogen (secondary N) is 1. The fourth-order valence-electron chi connectivity index (χ4n) is 3.11. The molecule has 5 heteroatoms. The van der Waals surface area contributed by atoms with Crippen LogP contribution in [0, 0.1) is 6.92 Å². The Balaban J connectivity index is 1.91. The zero-order chi connectivity index (χ0) is 16.0. The SMILES string of the molecule is Cc1[nH]nc2c1[C@H](c1ccccc1)N(c1ccc(Br)cc1)C2=O. The molecule has 0 saturated heterocycles. The van der Waals surface area contributed by atoms with Crippen molar-refractivity contribution in [2.45, 2.75) is 13.0 Å². The Morgan fingerprint density at radius 3 is 2.48 bits per heavy atom. The van der Waals surface area contributed by atoms with Crippen molar-refractivity contribution < 1.29 is 4.79 Å². The van der Waals surface area contributed by atoms with Gasteiger partial charge >= 0.3 is 0 Å². The highest BCUT2D eigenvalue weighted by molar-refractivity contribution is 9.10. The standard InChI is InChI=1S/C18H14BrN3O/c1-11-15-16(21-20-11)18(23)22(14-9-7-13(19)8-10-14)17(15)12-5-3-2-4-6-12/h2-10,17H,1H3,(H,20,21)/t17-/m0/s1. The summed E-state index contributed by atoms with van der Waals surface area (Å²) in [6, 6.07) is 17.7. The summed E-state index contributed by atoms with van der Waals surface area (Å²) in [6.07, 6.45) is 0. The normalized spacial score (nSPS) is 16.7. The topological polar surface area (TPSA) is 49.0 Å². The molecular formula is C18H14BrN3O. The van der Waals surface area contributed by atoms with Crippen molar-refractivity contribution in [1.82, 2.24) is 10.2 Å². The summed E-state index contributed by atoms with van der Waals surface area (Å²) in [7, 11) is 0. The molecule has 1 amide bonds. The molecular weight excluding hydrogens is 354 g/mol. The number of nitrogens with zero attached hydrogens (tertiary/aromatic N) is 2. The van der Waals surface area contributed by atoms with E-state index in [4.69, 9.17) is 0 Å². The lowest BCUT2D eigenvalue weighted by molar-refractivity contribution is 0.0989. The number of carbonyl (C=O) groups is 1. The predicted octanol–water partition coefficient (Wildman–Crippen LogP) is 4.23. The Morgan fingerprint density at radius 2 is 1.78 bits per heavy atom. The van der Waals surface area contributed by atoms with Crippen LogP contribution in [0.15, 0.2) is 59.1 Å². The molecule has 114 valence electrons. The van der Waals surface area contributed by atoms with Gasteiger partial charge in [0.05, 0.1) is 6.04 Å². The van der Waals surface area contributed by atoms with Crippen LogP contribution in [0.1, 0.15) is 33.4 Å². The van der Waals surface area contributed by atoms with E-state index in [9.17, 15) is 4.79 Å². The molecule has 2 heterocycles. The van der Waals surface area contributed by atoms with Gasteiger partial charge in [-0.3, -0.25) is 14.8 Å². The average molecular weight is 368 g/mol. The predicted molar refractivity (Wildman–Crippen MR) is 92.6 cm³/mol. The van der Waals surface area contributed by atoms with Gasteiger partial charge < -0.3 is 0 Å². The molecule has 4 nitrogen and oxygen atoms in total. The molecule has 0 bridgehead atoms. The summed E-state index contributed by atoms with van der Waals surface area (Å²) in [4.78, 5) is 14.7. The van der Waals surface area contributed by atoms with Gasteiger partial charge in [0, 0.05) is 21.4 Å². The highest BCUT2D eigenvalue weighted by Gasteiger charge is 2.42. The maximum atomic E-state index is 12.9. The molecule has 23 heavy (non-hydrogen) atoms. The van der Waals surface area contributed by atoms with Gasteiger partial charge in [0.2, 0.25) is 0 Å². The maximum Gasteiger partial charge on any atom is 0.279 e. The van der Waals surface area contributed by atoms with Gasteiger partial charge in [0.25, 0.3) is 5.91 Å². The smallest absolute Gasteiger partial charge is 0.279 e. The van der Waals surface area contributed by atoms with Crippen LogP contribution in [-0.4, -0.2) is 16.1 Å². The van der Waals surface area contributed by atoms with Crippen LogP contribution in [0.2, 0.25) is 0 Å². The van der Waals surface area contributed by atoms with E-state index in [1.807, 2.05) is 66.4 Å². The van der Waals surface area contributed by atoms with Crippen molar-refractivity contribution in [1.29, 1.82) is 0 Å². The number of hydrogen-bond acceptors (Lipinski definition) is 2. The molecule has 2 aromatic carbocycles. The number of anilines is 1. The number of benzene rings is 2. The highest BCUT2D eigenvalue weighted by Crippen LogP contribution is 2.42. The van der Waals surface area contributed by atoms with E-state index < -0.39 is 0 Å². The van der Waals surface area contributed by atoms with Crippen molar-refractivity contribution >= 4 is 27.5 Å². The first-order chi connectivity index (χ1) is 11.2. The second-order valence-corrected chi connectivity index (χ2v) is 6.49. The molecule has 1 aromatic heterocycles. The molecule has 1 aliphatic heterocycles. The summed E-state index contributed by atoms with van der Waals surface area (Å²) in [5.74, 6) is -0.0690. The Labute approximate surface area is 142 Å². The minimum absolute atomic E-state index is 0.0690. The Bertz CT molecular complexity index is 871. The third-order valence-electron chi connectivity index (χ3n) is 4.17. The number of rotatable bonds is 2. The van der Waals surface area contributed by atoms with Crippen molar-refractivity contribution in [3.05, 3.63) is 81.6 Å². The first-order valence-corrected chi connectivity index (χ1v) is 8.15. The number of amides is 1. The van der Waals surface area contributed by atoms with Crippen molar-refractivity contribution in [3.63, 3.8) is 0 Å². The lowest BCUT2D eigenvalue weighted by Crippen LogP contribution is -2.29. The number of H-pyrrole nitrogens is 1. The summed E-state index contributed by atoms with van der Waals surface area (Å²) in [6.45, 7) is 1.96. The van der Waals surface area contributed by atoms with Crippen molar-refractivity contribution in [3.8, 4) is 0 Å². The fraction of sp³-hybridized carbons (Fsp3) is 0.111. The van der Waals surface area contributed by atoms with Gasteiger partial charge in [-0.25, -0.2) is 0 Å². The van der Waals surface area contributed by atoms with Crippen molar-refractivity contribution in [2.75, 3.05) is 4.90 Å². The molecule has 3 aromatic rings. The first kappa shape index (κ1) is 14.2. The van der Waals surface area contributed by atoms with E-state index in [-0.39, 0.29) is 11.9 Å². The number of carbonyl (C=O) groups excluding carboxylic acids is 1. The van der Waals surface area contributed by atoms with Crippen molar-refractivity contribution in [2.24, 2.45) is 0 Å². The molecule has 0 radical (unpaired) electrons. The van der Waals surface area contributed by atoms with Crippen LogP contribution in [0.25, 0.3) is 0 Å². The van der Waals surface area contributed by atoms with E-state index in [1.165, 1.54) is 0 Å².